The molecule has 2 atom stereocenters. The minimum Gasteiger partial charge on any atom is -0.494 e. The van der Waals surface area contributed by atoms with E-state index in [2.05, 4.69) is 42.6 Å². The summed E-state index contributed by atoms with van der Waals surface area (Å²) >= 11 is 0. The van der Waals surface area contributed by atoms with Crippen LogP contribution in [0.5, 0.6) is 5.75 Å². The Kier molecular flexibility index (Phi) is 10.9. The van der Waals surface area contributed by atoms with Crippen molar-refractivity contribution in [2.45, 2.75) is 82.1 Å². The van der Waals surface area contributed by atoms with Gasteiger partial charge in [-0.1, -0.05) is 79.9 Å². The largest absolute Gasteiger partial charge is 0.494 e. The maximum atomic E-state index is 13.2. The van der Waals surface area contributed by atoms with Crippen LogP contribution in [0.1, 0.15) is 91.6 Å². The van der Waals surface area contributed by atoms with Crippen molar-refractivity contribution in [3.63, 3.8) is 0 Å². The molecule has 0 aromatic heterocycles. The maximum absolute atomic E-state index is 13.2. The second-order valence-corrected chi connectivity index (χ2v) is 13.7. The summed E-state index contributed by atoms with van der Waals surface area (Å²) in [5, 5.41) is 0. The summed E-state index contributed by atoms with van der Waals surface area (Å²) in [6, 6.07) is 28.5. The van der Waals surface area contributed by atoms with Gasteiger partial charge in [-0.15, -0.1) is 0 Å². The van der Waals surface area contributed by atoms with Gasteiger partial charge < -0.3 is 15.4 Å². The molecule has 2 unspecified atom stereocenters. The number of aliphatic imine (C=N–C) groups is 1. The van der Waals surface area contributed by atoms with Crippen molar-refractivity contribution in [3.8, 4) is 5.75 Å². The van der Waals surface area contributed by atoms with Gasteiger partial charge in [0.05, 0.1) is 18.6 Å². The van der Waals surface area contributed by atoms with Crippen molar-refractivity contribution in [2.75, 3.05) is 19.7 Å². The van der Waals surface area contributed by atoms with Crippen LogP contribution < -0.4 is 10.5 Å². The van der Waals surface area contributed by atoms with Crippen LogP contribution in [-0.2, 0) is 11.2 Å². The summed E-state index contributed by atoms with van der Waals surface area (Å²) in [4.78, 5) is 32.1. The summed E-state index contributed by atoms with van der Waals surface area (Å²) in [5.74, 6) is 2.06. The van der Waals surface area contributed by atoms with Gasteiger partial charge in [0.25, 0.3) is 5.91 Å². The Hall–Kier alpha value is -4.19. The van der Waals surface area contributed by atoms with Crippen LogP contribution in [-0.4, -0.2) is 48.2 Å². The first kappa shape index (κ1) is 32.7. The minimum atomic E-state index is -0.344. The number of allylic oxidation sites excluding steroid dienone is 1. The molecule has 6 heteroatoms. The number of nitrogens with zero attached hydrogens (tertiary/aromatic N) is 2. The molecule has 0 spiro atoms. The lowest BCUT2D eigenvalue weighted by Gasteiger charge is -2.42. The SMILES string of the molecule is NC(=O)Cc1cccc(OCCCC2(CC(c3ccccc3)C3CCCCC3)N=CC=C2C2CCN(C(=O)c3ccccc3)CC2)c1. The molecule has 1 saturated carbocycles. The monoisotopic (exact) mass is 631 g/mol. The first-order chi connectivity index (χ1) is 23.0. The fourth-order valence-electron chi connectivity index (χ4n) is 8.30. The van der Waals surface area contributed by atoms with E-state index in [-0.39, 0.29) is 23.8 Å². The van der Waals surface area contributed by atoms with Gasteiger partial charge in [-0.05, 0) is 110 Å². The van der Waals surface area contributed by atoms with E-state index in [1.807, 2.05) is 59.5 Å². The van der Waals surface area contributed by atoms with E-state index in [4.69, 9.17) is 15.5 Å². The van der Waals surface area contributed by atoms with Gasteiger partial charge in [0, 0.05) is 24.9 Å². The topological polar surface area (TPSA) is 85.0 Å². The van der Waals surface area contributed by atoms with Gasteiger partial charge in [0.1, 0.15) is 5.75 Å². The average Bonchev–Trinajstić information content (AvgIpc) is 3.53. The second-order valence-electron chi connectivity index (χ2n) is 13.7. The van der Waals surface area contributed by atoms with E-state index in [0.29, 0.717) is 24.4 Å². The van der Waals surface area contributed by atoms with Gasteiger partial charge >= 0.3 is 0 Å². The Morgan fingerprint density at radius 3 is 2.34 bits per heavy atom. The predicted molar refractivity (Wildman–Crippen MR) is 189 cm³/mol. The molecule has 2 fully saturated rings. The van der Waals surface area contributed by atoms with Crippen LogP contribution in [0, 0.1) is 11.8 Å². The van der Waals surface area contributed by atoms with Gasteiger partial charge in [0.2, 0.25) is 5.91 Å². The summed E-state index contributed by atoms with van der Waals surface area (Å²) in [5.41, 5.74) is 9.65. The van der Waals surface area contributed by atoms with Crippen molar-refractivity contribution in [3.05, 3.63) is 113 Å². The van der Waals surface area contributed by atoms with E-state index >= 15 is 0 Å². The molecule has 2 N–H and O–H groups in total. The van der Waals surface area contributed by atoms with E-state index in [1.165, 1.54) is 43.2 Å². The number of hydrogen-bond donors (Lipinski definition) is 1. The second kappa shape index (κ2) is 15.6. The number of carbonyl (C=O) groups excluding carboxylic acids is 2. The van der Waals surface area contributed by atoms with Crippen molar-refractivity contribution in [1.29, 1.82) is 0 Å². The van der Waals surface area contributed by atoms with Crippen molar-refractivity contribution in [1.82, 2.24) is 4.90 Å². The van der Waals surface area contributed by atoms with E-state index < -0.39 is 0 Å². The number of benzene rings is 3. The predicted octanol–water partition coefficient (Wildman–Crippen LogP) is 7.93. The lowest BCUT2D eigenvalue weighted by Crippen LogP contribution is -2.42. The molecule has 0 radical (unpaired) electrons. The molecule has 246 valence electrons. The van der Waals surface area contributed by atoms with Crippen LogP contribution in [0.25, 0.3) is 0 Å². The average molecular weight is 632 g/mol. The lowest BCUT2D eigenvalue weighted by molar-refractivity contribution is -0.117. The number of nitrogens with two attached hydrogens (primary N) is 1. The first-order valence-electron chi connectivity index (χ1n) is 17.7. The van der Waals surface area contributed by atoms with Gasteiger partial charge in [-0.3, -0.25) is 14.6 Å². The van der Waals surface area contributed by atoms with Crippen LogP contribution in [0.4, 0.5) is 0 Å². The number of amides is 2. The zero-order valence-electron chi connectivity index (χ0n) is 27.6. The fraction of sp³-hybridized carbons (Fsp3) is 0.439. The van der Waals surface area contributed by atoms with Crippen molar-refractivity contribution in [2.24, 2.45) is 22.6 Å². The smallest absolute Gasteiger partial charge is 0.253 e. The number of likely N-dealkylation sites (tertiary alicyclic amines) is 1. The third kappa shape index (κ3) is 8.22. The number of ether oxygens (including phenoxy) is 1. The number of primary amides is 1. The highest BCUT2D eigenvalue weighted by molar-refractivity contribution is 5.94. The highest BCUT2D eigenvalue weighted by Crippen LogP contribution is 2.49. The molecule has 47 heavy (non-hydrogen) atoms. The Labute approximate surface area is 280 Å². The number of carbonyl (C=O) groups is 2. The van der Waals surface area contributed by atoms with Crippen LogP contribution in [0.2, 0.25) is 0 Å². The molecule has 0 bridgehead atoms. The Morgan fingerprint density at radius 2 is 1.62 bits per heavy atom. The lowest BCUT2D eigenvalue weighted by atomic mass is 9.66. The van der Waals surface area contributed by atoms with E-state index in [9.17, 15) is 9.59 Å². The summed E-state index contributed by atoms with van der Waals surface area (Å²) in [6.45, 7) is 2.11. The summed E-state index contributed by atoms with van der Waals surface area (Å²) < 4.78 is 6.23. The molecule has 1 saturated heterocycles. The highest BCUT2D eigenvalue weighted by Gasteiger charge is 2.43. The Morgan fingerprint density at radius 1 is 0.894 bits per heavy atom. The van der Waals surface area contributed by atoms with Crippen LogP contribution in [0.15, 0.2) is 102 Å². The fourth-order valence-corrected chi connectivity index (χ4v) is 8.30. The van der Waals surface area contributed by atoms with Crippen molar-refractivity contribution < 1.29 is 14.3 Å². The first-order valence-corrected chi connectivity index (χ1v) is 17.7. The molecule has 3 aromatic carbocycles. The Balaban J connectivity index is 1.20. The number of piperidine rings is 1. The van der Waals surface area contributed by atoms with Gasteiger partial charge in [-0.25, -0.2) is 0 Å². The molecule has 2 heterocycles. The molecule has 3 aromatic rings. The van der Waals surface area contributed by atoms with E-state index in [0.717, 1.165) is 62.1 Å². The molecule has 6 nitrogen and oxygen atoms in total. The van der Waals surface area contributed by atoms with E-state index in [1.54, 1.807) is 0 Å². The quantitative estimate of drug-likeness (QED) is 0.195. The normalized spacial score (nSPS) is 20.9. The van der Waals surface area contributed by atoms with Crippen LogP contribution >= 0.6 is 0 Å². The molecule has 2 aliphatic heterocycles. The molecular weight excluding hydrogens is 582 g/mol. The molecule has 3 aliphatic rings. The summed E-state index contributed by atoms with van der Waals surface area (Å²) in [6.07, 6.45) is 15.8. The molecule has 2 amide bonds. The third-order valence-electron chi connectivity index (χ3n) is 10.6. The highest BCUT2D eigenvalue weighted by atomic mass is 16.5. The third-order valence-corrected chi connectivity index (χ3v) is 10.6. The van der Waals surface area contributed by atoms with Crippen molar-refractivity contribution >= 4 is 18.0 Å². The summed E-state index contributed by atoms with van der Waals surface area (Å²) in [7, 11) is 0. The molecular formula is C41H49N3O3. The van der Waals surface area contributed by atoms with Crippen LogP contribution in [0.3, 0.4) is 0 Å². The molecule has 6 rings (SSSR count). The standard InChI is InChI=1S/C41H49N3O3/c42-39(45)29-31-12-10-19-36(28-31)47-27-11-23-41(30-37(32-13-4-1-5-14-32)33-15-6-2-7-16-33)38(20-24-43-41)34-21-25-44(26-22-34)40(46)35-17-8-3-9-18-35/h1,3-5,8-10,12-14,17-20,24,28,33-34,37H,2,6-7,11,15-16,21-23,25-27,29-30H2,(H2,42,45). The number of hydrogen-bond acceptors (Lipinski definition) is 4. The number of rotatable bonds is 13. The Bertz CT molecular complexity index is 1540. The zero-order valence-corrected chi connectivity index (χ0v) is 27.6. The zero-order chi connectivity index (χ0) is 32.5. The molecule has 1 aliphatic carbocycles. The van der Waals surface area contributed by atoms with Gasteiger partial charge in [0.15, 0.2) is 0 Å². The maximum Gasteiger partial charge on any atom is 0.253 e. The van der Waals surface area contributed by atoms with Gasteiger partial charge in [-0.2, -0.15) is 0 Å². The minimum absolute atomic E-state index is 0.130.